The number of rotatable bonds is 3. The van der Waals surface area contributed by atoms with Gasteiger partial charge in [0, 0.05) is 43.1 Å². The Kier molecular flexibility index (Phi) is 3.77. The molecule has 1 unspecified atom stereocenters. The maximum atomic E-state index is 12.7. The Bertz CT molecular complexity index is 601. The third kappa shape index (κ3) is 2.70. The molecule has 6 nitrogen and oxygen atoms in total. The summed E-state index contributed by atoms with van der Waals surface area (Å²) in [6.07, 6.45) is 5.58. The fourth-order valence-electron chi connectivity index (χ4n) is 2.97. The van der Waals surface area contributed by atoms with Crippen LogP contribution >= 0.6 is 0 Å². The SMILES string of the molecule is CC(C)n1nccc1C(=O)N1CCCC(c2ccn[nH]2)C1. The molecule has 3 rings (SSSR count). The number of carbonyl (C=O) groups excluding carboxylic acids is 1. The molecule has 112 valence electrons. The van der Waals surface area contributed by atoms with Gasteiger partial charge in [-0.3, -0.25) is 14.6 Å². The highest BCUT2D eigenvalue weighted by Gasteiger charge is 2.28. The van der Waals surface area contributed by atoms with Crippen LogP contribution in [-0.2, 0) is 0 Å². The molecular formula is C15H21N5O. The lowest BCUT2D eigenvalue weighted by Gasteiger charge is -2.32. The van der Waals surface area contributed by atoms with Crippen molar-refractivity contribution in [1.29, 1.82) is 0 Å². The number of nitrogens with zero attached hydrogens (tertiary/aromatic N) is 4. The van der Waals surface area contributed by atoms with E-state index in [0.717, 1.165) is 31.6 Å². The van der Waals surface area contributed by atoms with Gasteiger partial charge in [0.25, 0.3) is 5.91 Å². The van der Waals surface area contributed by atoms with E-state index in [2.05, 4.69) is 15.3 Å². The average molecular weight is 287 g/mol. The lowest BCUT2D eigenvalue weighted by Crippen LogP contribution is -2.40. The van der Waals surface area contributed by atoms with Crippen LogP contribution < -0.4 is 0 Å². The monoisotopic (exact) mass is 287 g/mol. The van der Waals surface area contributed by atoms with Gasteiger partial charge in [-0.2, -0.15) is 10.2 Å². The van der Waals surface area contributed by atoms with Gasteiger partial charge in [0.1, 0.15) is 5.69 Å². The average Bonchev–Trinajstić information content (AvgIpc) is 3.17. The molecule has 0 spiro atoms. The summed E-state index contributed by atoms with van der Waals surface area (Å²) in [5.41, 5.74) is 1.79. The molecule has 1 aliphatic rings. The van der Waals surface area contributed by atoms with E-state index in [-0.39, 0.29) is 11.9 Å². The van der Waals surface area contributed by atoms with Crippen molar-refractivity contribution in [3.63, 3.8) is 0 Å². The van der Waals surface area contributed by atoms with Crippen LogP contribution in [0.2, 0.25) is 0 Å². The molecule has 0 saturated carbocycles. The summed E-state index contributed by atoms with van der Waals surface area (Å²) < 4.78 is 1.79. The summed E-state index contributed by atoms with van der Waals surface area (Å²) in [6.45, 7) is 5.62. The molecule has 0 bridgehead atoms. The second-order valence-electron chi connectivity index (χ2n) is 5.86. The zero-order chi connectivity index (χ0) is 14.8. The quantitative estimate of drug-likeness (QED) is 0.941. The third-order valence-electron chi connectivity index (χ3n) is 4.05. The number of aromatic amines is 1. The van der Waals surface area contributed by atoms with Crippen molar-refractivity contribution < 1.29 is 4.79 Å². The van der Waals surface area contributed by atoms with Gasteiger partial charge < -0.3 is 4.90 Å². The van der Waals surface area contributed by atoms with Crippen molar-refractivity contribution in [2.24, 2.45) is 0 Å². The van der Waals surface area contributed by atoms with Gasteiger partial charge in [-0.05, 0) is 38.8 Å². The van der Waals surface area contributed by atoms with Gasteiger partial charge in [0.2, 0.25) is 0 Å². The number of piperidine rings is 1. The first-order valence-corrected chi connectivity index (χ1v) is 7.49. The van der Waals surface area contributed by atoms with E-state index in [1.165, 1.54) is 0 Å². The van der Waals surface area contributed by atoms with E-state index in [1.54, 1.807) is 17.1 Å². The number of aromatic nitrogens is 4. The highest BCUT2D eigenvalue weighted by atomic mass is 16.2. The van der Waals surface area contributed by atoms with Crippen molar-refractivity contribution in [3.05, 3.63) is 35.9 Å². The Morgan fingerprint density at radius 2 is 2.24 bits per heavy atom. The number of carbonyl (C=O) groups is 1. The first-order chi connectivity index (χ1) is 10.2. The minimum Gasteiger partial charge on any atom is -0.337 e. The molecular weight excluding hydrogens is 266 g/mol. The van der Waals surface area contributed by atoms with Gasteiger partial charge in [0.05, 0.1) is 0 Å². The van der Waals surface area contributed by atoms with E-state index in [1.807, 2.05) is 30.9 Å². The summed E-state index contributed by atoms with van der Waals surface area (Å²) in [7, 11) is 0. The van der Waals surface area contributed by atoms with Crippen LogP contribution in [0.25, 0.3) is 0 Å². The number of amides is 1. The molecule has 1 saturated heterocycles. The smallest absolute Gasteiger partial charge is 0.272 e. The fourth-order valence-corrected chi connectivity index (χ4v) is 2.97. The van der Waals surface area contributed by atoms with Crippen molar-refractivity contribution in [3.8, 4) is 0 Å². The second kappa shape index (κ2) is 5.71. The molecule has 1 fully saturated rings. The first kappa shape index (κ1) is 13.9. The molecule has 1 N–H and O–H groups in total. The van der Waals surface area contributed by atoms with Crippen molar-refractivity contribution in [2.75, 3.05) is 13.1 Å². The number of nitrogens with one attached hydrogen (secondary N) is 1. The fraction of sp³-hybridized carbons (Fsp3) is 0.533. The molecule has 1 aliphatic heterocycles. The zero-order valence-corrected chi connectivity index (χ0v) is 12.5. The molecule has 3 heterocycles. The Morgan fingerprint density at radius 1 is 1.38 bits per heavy atom. The molecule has 2 aromatic rings. The highest BCUT2D eigenvalue weighted by molar-refractivity contribution is 5.92. The lowest BCUT2D eigenvalue weighted by atomic mass is 9.95. The minimum absolute atomic E-state index is 0.0745. The number of H-pyrrole nitrogens is 1. The van der Waals surface area contributed by atoms with Gasteiger partial charge >= 0.3 is 0 Å². The third-order valence-corrected chi connectivity index (χ3v) is 4.05. The standard InChI is InChI=1S/C15H21N5O/c1-11(2)20-14(6-8-17-20)15(21)19-9-3-4-12(10-19)13-5-7-16-18-13/h5-8,11-12H,3-4,9-10H2,1-2H3,(H,16,18). The predicted octanol–water partition coefficient (Wildman–Crippen LogP) is 2.21. The van der Waals surface area contributed by atoms with Crippen LogP contribution in [-0.4, -0.2) is 43.9 Å². The Labute approximate surface area is 124 Å². The molecule has 2 aromatic heterocycles. The molecule has 1 amide bonds. The van der Waals surface area contributed by atoms with E-state index in [0.29, 0.717) is 11.6 Å². The van der Waals surface area contributed by atoms with E-state index >= 15 is 0 Å². The second-order valence-corrected chi connectivity index (χ2v) is 5.86. The maximum absolute atomic E-state index is 12.7. The van der Waals surface area contributed by atoms with E-state index < -0.39 is 0 Å². The van der Waals surface area contributed by atoms with Crippen LogP contribution in [0.5, 0.6) is 0 Å². The molecule has 0 aromatic carbocycles. The number of hydrogen-bond acceptors (Lipinski definition) is 3. The van der Waals surface area contributed by atoms with E-state index in [9.17, 15) is 4.79 Å². The van der Waals surface area contributed by atoms with Gasteiger partial charge in [-0.15, -0.1) is 0 Å². The Hall–Kier alpha value is -2.11. The summed E-state index contributed by atoms with van der Waals surface area (Å²) >= 11 is 0. The molecule has 21 heavy (non-hydrogen) atoms. The summed E-state index contributed by atoms with van der Waals surface area (Å²) in [6, 6.07) is 3.99. The van der Waals surface area contributed by atoms with Crippen molar-refractivity contribution in [1.82, 2.24) is 24.9 Å². The molecule has 1 atom stereocenters. The lowest BCUT2D eigenvalue weighted by molar-refractivity contribution is 0.0691. The van der Waals surface area contributed by atoms with Gasteiger partial charge in [0.15, 0.2) is 0 Å². The minimum atomic E-state index is 0.0745. The van der Waals surface area contributed by atoms with Crippen LogP contribution in [0.1, 0.15) is 54.8 Å². The number of likely N-dealkylation sites (tertiary alicyclic amines) is 1. The summed E-state index contributed by atoms with van der Waals surface area (Å²) in [4.78, 5) is 14.7. The van der Waals surface area contributed by atoms with Crippen LogP contribution in [0.4, 0.5) is 0 Å². The van der Waals surface area contributed by atoms with Crippen molar-refractivity contribution >= 4 is 5.91 Å². The molecule has 0 aliphatic carbocycles. The Morgan fingerprint density at radius 3 is 2.95 bits per heavy atom. The van der Waals surface area contributed by atoms with Crippen molar-refractivity contribution in [2.45, 2.75) is 38.6 Å². The topological polar surface area (TPSA) is 66.8 Å². The van der Waals surface area contributed by atoms with Gasteiger partial charge in [-0.1, -0.05) is 0 Å². The van der Waals surface area contributed by atoms with E-state index in [4.69, 9.17) is 0 Å². The number of hydrogen-bond donors (Lipinski definition) is 1. The Balaban J connectivity index is 1.77. The molecule has 6 heteroatoms. The maximum Gasteiger partial charge on any atom is 0.272 e. The first-order valence-electron chi connectivity index (χ1n) is 7.49. The summed E-state index contributed by atoms with van der Waals surface area (Å²) in [5, 5.41) is 11.3. The van der Waals surface area contributed by atoms with Crippen LogP contribution in [0.3, 0.4) is 0 Å². The van der Waals surface area contributed by atoms with Crippen LogP contribution in [0.15, 0.2) is 24.5 Å². The highest BCUT2D eigenvalue weighted by Crippen LogP contribution is 2.26. The predicted molar refractivity (Wildman–Crippen MR) is 79.1 cm³/mol. The normalized spacial score (nSPS) is 19.2. The zero-order valence-electron chi connectivity index (χ0n) is 12.5. The largest absolute Gasteiger partial charge is 0.337 e. The molecule has 0 radical (unpaired) electrons. The van der Waals surface area contributed by atoms with Gasteiger partial charge in [-0.25, -0.2) is 0 Å². The summed E-state index contributed by atoms with van der Waals surface area (Å²) in [5.74, 6) is 0.422. The van der Waals surface area contributed by atoms with Crippen LogP contribution in [0, 0.1) is 0 Å².